The second kappa shape index (κ2) is 9.53. The predicted octanol–water partition coefficient (Wildman–Crippen LogP) is 2.46. The molecule has 5 nitrogen and oxygen atoms in total. The Bertz CT molecular complexity index is 563. The van der Waals surface area contributed by atoms with Gasteiger partial charge >= 0.3 is 0 Å². The third-order valence-corrected chi connectivity index (χ3v) is 5.29. The topological polar surface area (TPSA) is 70.6 Å². The number of benzene rings is 1. The molecule has 0 aromatic heterocycles. The molecule has 3 atom stereocenters. The van der Waals surface area contributed by atoms with E-state index in [0.29, 0.717) is 24.4 Å². The molecule has 1 amide bonds. The zero-order chi connectivity index (χ0) is 18.3. The number of hydrogen-bond acceptors (Lipinski definition) is 4. The minimum absolute atomic E-state index is 0.131. The number of halogens is 1. The predicted molar refractivity (Wildman–Crippen MR) is 99.7 cm³/mol. The number of nitrogens with one attached hydrogen (secondary N) is 2. The van der Waals surface area contributed by atoms with Crippen LogP contribution in [0.15, 0.2) is 24.3 Å². The molecule has 1 aliphatic rings. The Kier molecular flexibility index (Phi) is 7.69. The van der Waals surface area contributed by atoms with Crippen LogP contribution in [0.25, 0.3) is 0 Å². The molecule has 2 rings (SSSR count). The van der Waals surface area contributed by atoms with Crippen LogP contribution in [0.4, 0.5) is 0 Å². The molecule has 0 aliphatic carbocycles. The number of piperidine rings is 1. The first kappa shape index (κ1) is 20.2. The summed E-state index contributed by atoms with van der Waals surface area (Å²) in [5.74, 6) is 0.00134. The summed E-state index contributed by atoms with van der Waals surface area (Å²) in [5.41, 5.74) is -0.0964. The molecule has 1 aromatic carbocycles. The Morgan fingerprint density at radius 2 is 2.36 bits per heavy atom. The molecule has 1 saturated heterocycles. The summed E-state index contributed by atoms with van der Waals surface area (Å²) in [4.78, 5) is 11.8. The number of hydrogen-bond donors (Lipinski definition) is 3. The molecule has 6 heteroatoms. The highest BCUT2D eigenvalue weighted by Crippen LogP contribution is 2.38. The van der Waals surface area contributed by atoms with Crippen molar-refractivity contribution in [2.24, 2.45) is 5.92 Å². The third kappa shape index (κ3) is 5.42. The van der Waals surface area contributed by atoms with Crippen LogP contribution in [0.3, 0.4) is 0 Å². The Hall–Kier alpha value is -1.14. The molecule has 3 N–H and O–H groups in total. The van der Waals surface area contributed by atoms with E-state index >= 15 is 0 Å². The number of methoxy groups -OCH3 is 1. The van der Waals surface area contributed by atoms with Crippen molar-refractivity contribution in [1.29, 1.82) is 0 Å². The summed E-state index contributed by atoms with van der Waals surface area (Å²) in [5, 5.41) is 18.4. The molecule has 0 spiro atoms. The molecule has 0 saturated carbocycles. The van der Waals surface area contributed by atoms with E-state index in [1.54, 1.807) is 6.92 Å². The molecular formula is C19H29ClN2O3. The summed E-state index contributed by atoms with van der Waals surface area (Å²) >= 11 is 6.15. The number of aliphatic hydroxyl groups is 1. The molecule has 1 unspecified atom stereocenters. The van der Waals surface area contributed by atoms with Crippen molar-refractivity contribution in [2.75, 3.05) is 26.7 Å². The van der Waals surface area contributed by atoms with Crippen molar-refractivity contribution in [3.05, 3.63) is 34.9 Å². The van der Waals surface area contributed by atoms with Crippen molar-refractivity contribution in [3.8, 4) is 0 Å². The Morgan fingerprint density at radius 1 is 1.56 bits per heavy atom. The van der Waals surface area contributed by atoms with Crippen molar-refractivity contribution in [1.82, 2.24) is 10.6 Å². The minimum atomic E-state index is -0.948. The average molecular weight is 369 g/mol. The van der Waals surface area contributed by atoms with Crippen molar-refractivity contribution < 1.29 is 14.6 Å². The van der Waals surface area contributed by atoms with Crippen molar-refractivity contribution in [3.63, 3.8) is 0 Å². The van der Waals surface area contributed by atoms with Gasteiger partial charge in [0.05, 0.1) is 5.60 Å². The van der Waals surface area contributed by atoms with Gasteiger partial charge in [-0.25, -0.2) is 0 Å². The van der Waals surface area contributed by atoms with Crippen LogP contribution >= 0.6 is 11.6 Å². The molecule has 1 aliphatic heterocycles. The molecule has 1 fully saturated rings. The number of carbonyl (C=O) groups excluding carboxylic acids is 1. The quantitative estimate of drug-likeness (QED) is 0.616. The molecule has 1 heterocycles. The lowest BCUT2D eigenvalue weighted by molar-refractivity contribution is -0.130. The largest absolute Gasteiger partial charge is 0.385 e. The number of amides is 1. The lowest BCUT2D eigenvalue weighted by atomic mass is 9.74. The van der Waals surface area contributed by atoms with E-state index in [0.717, 1.165) is 31.5 Å². The summed E-state index contributed by atoms with van der Waals surface area (Å²) < 4.78 is 5.00. The van der Waals surface area contributed by atoms with Crippen LogP contribution in [-0.4, -0.2) is 43.9 Å². The SMILES string of the molecule is COC(C)C(=O)NCCC[C@@](O)(c1cccc(Cl)c1)[C@@H]1CCCNC1. The second-order valence-corrected chi connectivity index (χ2v) is 7.19. The number of ether oxygens (including phenoxy) is 1. The van der Waals surface area contributed by atoms with Gasteiger partial charge in [0, 0.05) is 31.1 Å². The summed E-state index contributed by atoms with van der Waals surface area (Å²) in [6.45, 7) is 4.00. The van der Waals surface area contributed by atoms with E-state index in [4.69, 9.17) is 16.3 Å². The minimum Gasteiger partial charge on any atom is -0.385 e. The van der Waals surface area contributed by atoms with E-state index in [1.807, 2.05) is 24.3 Å². The standard InChI is InChI=1S/C19H29ClN2O3/c1-14(25-2)18(23)22-11-5-9-19(24,16-7-4-10-21-13-16)15-6-3-8-17(20)12-15/h3,6,8,12,14,16,21,24H,4-5,7,9-11,13H2,1-2H3,(H,22,23)/t14?,16-,19-/m1/s1. The zero-order valence-corrected chi connectivity index (χ0v) is 15.8. The van der Waals surface area contributed by atoms with Gasteiger partial charge in [-0.15, -0.1) is 0 Å². The van der Waals surface area contributed by atoms with Gasteiger partial charge < -0.3 is 20.5 Å². The number of rotatable bonds is 8. The Balaban J connectivity index is 2.03. The molecule has 0 radical (unpaired) electrons. The van der Waals surface area contributed by atoms with Crippen LogP contribution in [0.1, 0.15) is 38.2 Å². The first-order valence-electron chi connectivity index (χ1n) is 8.97. The maximum absolute atomic E-state index is 11.8. The second-order valence-electron chi connectivity index (χ2n) is 6.75. The van der Waals surface area contributed by atoms with Gasteiger partial charge in [0.2, 0.25) is 5.91 Å². The van der Waals surface area contributed by atoms with Crippen molar-refractivity contribution >= 4 is 17.5 Å². The van der Waals surface area contributed by atoms with Gasteiger partial charge in [-0.2, -0.15) is 0 Å². The van der Waals surface area contributed by atoms with Gasteiger partial charge in [-0.1, -0.05) is 23.7 Å². The lowest BCUT2D eigenvalue weighted by Gasteiger charge is -2.39. The van der Waals surface area contributed by atoms with Crippen LogP contribution in [0, 0.1) is 5.92 Å². The summed E-state index contributed by atoms with van der Waals surface area (Å²) in [7, 11) is 1.51. The molecular weight excluding hydrogens is 340 g/mol. The van der Waals surface area contributed by atoms with E-state index in [2.05, 4.69) is 10.6 Å². The van der Waals surface area contributed by atoms with Gasteiger partial charge in [0.25, 0.3) is 0 Å². The lowest BCUT2D eigenvalue weighted by Crippen LogP contribution is -2.45. The summed E-state index contributed by atoms with van der Waals surface area (Å²) in [6, 6.07) is 7.48. The smallest absolute Gasteiger partial charge is 0.248 e. The van der Waals surface area contributed by atoms with E-state index in [1.165, 1.54) is 7.11 Å². The highest BCUT2D eigenvalue weighted by molar-refractivity contribution is 6.30. The average Bonchev–Trinajstić information content (AvgIpc) is 2.64. The first-order valence-corrected chi connectivity index (χ1v) is 9.35. The van der Waals surface area contributed by atoms with Crippen LogP contribution < -0.4 is 10.6 Å². The highest BCUT2D eigenvalue weighted by atomic mass is 35.5. The fraction of sp³-hybridized carbons (Fsp3) is 0.632. The zero-order valence-electron chi connectivity index (χ0n) is 15.1. The normalized spacial score (nSPS) is 21.4. The fourth-order valence-electron chi connectivity index (χ4n) is 3.42. The molecule has 1 aromatic rings. The van der Waals surface area contributed by atoms with E-state index in [-0.39, 0.29) is 11.8 Å². The summed E-state index contributed by atoms with van der Waals surface area (Å²) in [6.07, 6.45) is 2.82. The van der Waals surface area contributed by atoms with E-state index < -0.39 is 11.7 Å². The van der Waals surface area contributed by atoms with Crippen LogP contribution in [0.2, 0.25) is 5.02 Å². The van der Waals surface area contributed by atoms with Crippen LogP contribution in [0.5, 0.6) is 0 Å². The maximum atomic E-state index is 11.8. The van der Waals surface area contributed by atoms with E-state index in [9.17, 15) is 9.90 Å². The van der Waals surface area contributed by atoms with Gasteiger partial charge in [0.15, 0.2) is 0 Å². The van der Waals surface area contributed by atoms with Crippen molar-refractivity contribution in [2.45, 2.75) is 44.3 Å². The molecule has 25 heavy (non-hydrogen) atoms. The first-order chi connectivity index (χ1) is 12.0. The highest BCUT2D eigenvalue weighted by Gasteiger charge is 2.38. The van der Waals surface area contributed by atoms with Gasteiger partial charge in [-0.3, -0.25) is 4.79 Å². The Morgan fingerprint density at radius 3 is 3.00 bits per heavy atom. The Labute approximate surface area is 155 Å². The van der Waals surface area contributed by atoms with Gasteiger partial charge in [-0.05, 0) is 56.8 Å². The monoisotopic (exact) mass is 368 g/mol. The fourth-order valence-corrected chi connectivity index (χ4v) is 3.61. The number of carbonyl (C=O) groups is 1. The third-order valence-electron chi connectivity index (χ3n) is 5.05. The van der Waals surface area contributed by atoms with Gasteiger partial charge in [0.1, 0.15) is 6.10 Å². The van der Waals surface area contributed by atoms with Crippen LogP contribution in [-0.2, 0) is 15.1 Å². The maximum Gasteiger partial charge on any atom is 0.248 e. The molecule has 0 bridgehead atoms. The molecule has 140 valence electrons.